The summed E-state index contributed by atoms with van der Waals surface area (Å²) in [6.45, 7) is 0.681. The fourth-order valence-electron chi connectivity index (χ4n) is 4.45. The fraction of sp³-hybridized carbons (Fsp3) is 0.320. The van der Waals surface area contributed by atoms with Crippen LogP contribution in [-0.2, 0) is 6.54 Å². The van der Waals surface area contributed by atoms with Gasteiger partial charge in [-0.2, -0.15) is 5.10 Å². The van der Waals surface area contributed by atoms with Gasteiger partial charge in [0.25, 0.3) is 0 Å². The molecule has 3 heterocycles. The van der Waals surface area contributed by atoms with E-state index in [1.807, 2.05) is 32.3 Å². The Morgan fingerprint density at radius 2 is 1.85 bits per heavy atom. The summed E-state index contributed by atoms with van der Waals surface area (Å²) in [4.78, 5) is 11.8. The van der Waals surface area contributed by atoms with Crippen LogP contribution in [0.25, 0.3) is 28.0 Å². The first-order valence-electron chi connectivity index (χ1n) is 11.2. The van der Waals surface area contributed by atoms with Gasteiger partial charge in [0, 0.05) is 18.2 Å². The summed E-state index contributed by atoms with van der Waals surface area (Å²) >= 11 is 6.48. The van der Waals surface area contributed by atoms with Gasteiger partial charge in [-0.15, -0.1) is 0 Å². The minimum Gasteiger partial charge on any atom is -0.351 e. The zero-order valence-corrected chi connectivity index (χ0v) is 19.5. The van der Waals surface area contributed by atoms with Gasteiger partial charge in [0.15, 0.2) is 0 Å². The fourth-order valence-corrected chi connectivity index (χ4v) is 4.65. The van der Waals surface area contributed by atoms with Crippen LogP contribution < -0.4 is 5.32 Å². The monoisotopic (exact) mass is 464 g/mol. The van der Waals surface area contributed by atoms with Crippen molar-refractivity contribution in [3.05, 3.63) is 65.2 Å². The first-order valence-corrected chi connectivity index (χ1v) is 11.6. The molecule has 1 fully saturated rings. The average Bonchev–Trinajstić information content (AvgIpc) is 3.42. The number of pyridine rings is 1. The molecule has 33 heavy (non-hydrogen) atoms. The molecule has 3 aromatic heterocycles. The Morgan fingerprint density at radius 1 is 1.09 bits per heavy atom. The number of aromatic nitrogens is 4. The van der Waals surface area contributed by atoms with Gasteiger partial charge in [0.05, 0.1) is 22.5 Å². The highest BCUT2D eigenvalue weighted by atomic mass is 35.5. The van der Waals surface area contributed by atoms with Crippen molar-refractivity contribution in [1.82, 2.24) is 24.5 Å². The molecule has 0 aliphatic heterocycles. The predicted octanol–water partition coefficient (Wildman–Crippen LogP) is 5.67. The van der Waals surface area contributed by atoms with Crippen LogP contribution in [0, 0.1) is 5.82 Å². The number of nitrogens with zero attached hydrogens (tertiary/aromatic N) is 5. The van der Waals surface area contributed by atoms with Gasteiger partial charge in [-0.1, -0.05) is 30.5 Å². The molecule has 0 spiro atoms. The second-order valence-corrected chi connectivity index (χ2v) is 9.19. The molecule has 1 saturated carbocycles. The van der Waals surface area contributed by atoms with Crippen molar-refractivity contribution < 1.29 is 4.39 Å². The SMILES string of the molecule is CN(C)Cc1cc(-c2c(-c3ccc(F)cc3)nn3c(Cl)cccc23)nc(NC2CCCC2)n1. The second kappa shape index (κ2) is 9.08. The van der Waals surface area contributed by atoms with Crippen LogP contribution in [-0.4, -0.2) is 44.6 Å². The van der Waals surface area contributed by atoms with Gasteiger partial charge >= 0.3 is 0 Å². The van der Waals surface area contributed by atoms with Gasteiger partial charge in [0.1, 0.15) is 16.7 Å². The standard InChI is InChI=1S/C25H26ClFN6/c1-32(2)15-19-14-20(30-25(29-19)28-18-6-3-4-7-18)23-21-8-5-9-22(26)33(21)31-24(23)16-10-12-17(27)13-11-16/h5,8-14,18H,3-4,6-7,15H2,1-2H3,(H,28,29,30). The molecule has 1 aliphatic carbocycles. The van der Waals surface area contributed by atoms with Crippen molar-refractivity contribution in [2.45, 2.75) is 38.3 Å². The number of hydrogen-bond donors (Lipinski definition) is 1. The van der Waals surface area contributed by atoms with Gasteiger partial charge in [-0.25, -0.2) is 18.9 Å². The van der Waals surface area contributed by atoms with Crippen molar-refractivity contribution in [2.24, 2.45) is 0 Å². The Balaban J connectivity index is 1.70. The largest absolute Gasteiger partial charge is 0.351 e. The topological polar surface area (TPSA) is 58.4 Å². The Labute approximate surface area is 197 Å². The highest BCUT2D eigenvalue weighted by molar-refractivity contribution is 6.29. The van der Waals surface area contributed by atoms with E-state index in [0.717, 1.165) is 40.9 Å². The molecule has 0 radical (unpaired) electrons. The Bertz CT molecular complexity index is 1280. The number of halogens is 2. The molecular weight excluding hydrogens is 439 g/mol. The summed E-state index contributed by atoms with van der Waals surface area (Å²) in [5, 5.41) is 8.82. The van der Waals surface area contributed by atoms with Gasteiger partial charge in [-0.3, -0.25) is 0 Å². The van der Waals surface area contributed by atoms with E-state index in [1.54, 1.807) is 22.7 Å². The van der Waals surface area contributed by atoms with Crippen LogP contribution in [0.15, 0.2) is 48.5 Å². The summed E-state index contributed by atoms with van der Waals surface area (Å²) in [6.07, 6.45) is 4.71. The van der Waals surface area contributed by atoms with E-state index >= 15 is 0 Å². The van der Waals surface area contributed by atoms with Crippen LogP contribution in [0.2, 0.25) is 5.15 Å². The van der Waals surface area contributed by atoms with E-state index in [-0.39, 0.29) is 5.82 Å². The second-order valence-electron chi connectivity index (χ2n) is 8.81. The molecule has 0 amide bonds. The molecule has 0 unspecified atom stereocenters. The summed E-state index contributed by atoms with van der Waals surface area (Å²) < 4.78 is 15.3. The van der Waals surface area contributed by atoms with E-state index in [4.69, 9.17) is 26.7 Å². The molecule has 8 heteroatoms. The van der Waals surface area contributed by atoms with Crippen molar-refractivity contribution in [1.29, 1.82) is 0 Å². The lowest BCUT2D eigenvalue weighted by Gasteiger charge is -2.16. The zero-order valence-electron chi connectivity index (χ0n) is 18.7. The maximum atomic E-state index is 13.6. The summed E-state index contributed by atoms with van der Waals surface area (Å²) in [5.41, 5.74) is 4.86. The number of rotatable bonds is 6. The van der Waals surface area contributed by atoms with E-state index in [2.05, 4.69) is 10.2 Å². The van der Waals surface area contributed by atoms with Crippen LogP contribution >= 0.6 is 11.6 Å². The normalized spacial score (nSPS) is 14.5. The molecule has 1 aromatic carbocycles. The third-order valence-corrected chi connectivity index (χ3v) is 6.22. The minimum atomic E-state index is -0.291. The number of anilines is 1. The lowest BCUT2D eigenvalue weighted by atomic mass is 10.0. The molecule has 170 valence electrons. The highest BCUT2D eigenvalue weighted by Gasteiger charge is 2.22. The average molecular weight is 465 g/mol. The van der Waals surface area contributed by atoms with E-state index in [0.29, 0.717) is 29.4 Å². The zero-order chi connectivity index (χ0) is 22.9. The maximum absolute atomic E-state index is 13.6. The maximum Gasteiger partial charge on any atom is 0.223 e. The lowest BCUT2D eigenvalue weighted by Crippen LogP contribution is -2.19. The van der Waals surface area contributed by atoms with Gasteiger partial charge in [-0.05, 0) is 69.4 Å². The van der Waals surface area contributed by atoms with E-state index in [9.17, 15) is 4.39 Å². The third kappa shape index (κ3) is 4.56. The predicted molar refractivity (Wildman–Crippen MR) is 130 cm³/mol. The molecule has 1 aliphatic rings. The summed E-state index contributed by atoms with van der Waals surface area (Å²) in [6, 6.07) is 14.4. The number of nitrogens with one attached hydrogen (secondary N) is 1. The summed E-state index contributed by atoms with van der Waals surface area (Å²) in [7, 11) is 4.04. The van der Waals surface area contributed by atoms with Crippen molar-refractivity contribution in [3.63, 3.8) is 0 Å². The first kappa shape index (κ1) is 21.8. The van der Waals surface area contributed by atoms with Crippen molar-refractivity contribution >= 4 is 23.1 Å². The van der Waals surface area contributed by atoms with E-state index < -0.39 is 0 Å². The molecular formula is C25H26ClFN6. The Kier molecular flexibility index (Phi) is 6.00. The lowest BCUT2D eigenvalue weighted by molar-refractivity contribution is 0.397. The van der Waals surface area contributed by atoms with Crippen LogP contribution in [0.1, 0.15) is 31.4 Å². The highest BCUT2D eigenvalue weighted by Crippen LogP contribution is 2.36. The van der Waals surface area contributed by atoms with Crippen LogP contribution in [0.5, 0.6) is 0 Å². The molecule has 1 N–H and O–H groups in total. The molecule has 6 nitrogen and oxygen atoms in total. The first-order chi connectivity index (χ1) is 16.0. The smallest absolute Gasteiger partial charge is 0.223 e. The molecule has 4 aromatic rings. The van der Waals surface area contributed by atoms with E-state index in [1.165, 1.54) is 25.0 Å². The molecule has 0 bridgehead atoms. The molecule has 5 rings (SSSR count). The number of benzene rings is 1. The summed E-state index contributed by atoms with van der Waals surface area (Å²) in [5.74, 6) is 0.336. The van der Waals surface area contributed by atoms with Crippen molar-refractivity contribution in [2.75, 3.05) is 19.4 Å². The molecule has 0 atom stereocenters. The van der Waals surface area contributed by atoms with Gasteiger partial charge in [0.2, 0.25) is 5.95 Å². The minimum absolute atomic E-state index is 0.291. The third-order valence-electron chi connectivity index (χ3n) is 5.93. The van der Waals surface area contributed by atoms with Crippen LogP contribution in [0.4, 0.5) is 10.3 Å². The number of fused-ring (bicyclic) bond motifs is 1. The van der Waals surface area contributed by atoms with Crippen LogP contribution in [0.3, 0.4) is 0 Å². The Morgan fingerprint density at radius 3 is 2.58 bits per heavy atom. The number of hydrogen-bond acceptors (Lipinski definition) is 5. The van der Waals surface area contributed by atoms with Gasteiger partial charge < -0.3 is 10.2 Å². The van der Waals surface area contributed by atoms with Crippen molar-refractivity contribution in [3.8, 4) is 22.5 Å². The molecule has 0 saturated heterocycles. The Hall–Kier alpha value is -3.03. The quantitative estimate of drug-likeness (QED) is 0.373.